The molecule has 1 aromatic carbocycles. The van der Waals surface area contributed by atoms with Crippen molar-refractivity contribution in [1.82, 2.24) is 0 Å². The van der Waals surface area contributed by atoms with Crippen molar-refractivity contribution in [3.63, 3.8) is 0 Å². The molecule has 1 aromatic rings. The van der Waals surface area contributed by atoms with E-state index in [-0.39, 0.29) is 0 Å². The van der Waals surface area contributed by atoms with Crippen LogP contribution in [0, 0.1) is 15.9 Å². The average Bonchev–Trinajstić information content (AvgIpc) is 2.05. The Morgan fingerprint density at radius 3 is 2.47 bits per heavy atom. The van der Waals surface area contributed by atoms with Gasteiger partial charge in [-0.1, -0.05) is 0 Å². The number of non-ortho nitro benzene ring substituents is 1. The lowest BCUT2D eigenvalue weighted by molar-refractivity contribution is -0.385. The maximum Gasteiger partial charge on any atom is 0.524 e. The third-order valence-electron chi connectivity index (χ3n) is 1.34. The lowest BCUT2D eigenvalue weighted by Gasteiger charge is -2.06. The highest BCUT2D eigenvalue weighted by Gasteiger charge is 2.20. The molecule has 7 nitrogen and oxygen atoms in total. The molecule has 9 heteroatoms. The summed E-state index contributed by atoms with van der Waals surface area (Å²) in [5, 5.41) is 10.2. The van der Waals surface area contributed by atoms with Crippen molar-refractivity contribution in [3.8, 4) is 5.75 Å². The molecule has 0 aliphatic carbocycles. The number of nitro benzene ring substituents is 1. The Bertz CT molecular complexity index is 443. The quantitative estimate of drug-likeness (QED) is 0.464. The first-order chi connectivity index (χ1) is 6.79. The van der Waals surface area contributed by atoms with Gasteiger partial charge >= 0.3 is 7.82 Å². The summed E-state index contributed by atoms with van der Waals surface area (Å²) in [6, 6.07) is 2.14. The minimum absolute atomic E-state index is 0.505. The normalized spacial score (nSPS) is 11.1. The molecule has 0 saturated carbocycles. The molecule has 0 amide bonds. The molecule has 0 aliphatic rings. The van der Waals surface area contributed by atoms with E-state index in [1.54, 1.807) is 0 Å². The van der Waals surface area contributed by atoms with Gasteiger partial charge in [-0.3, -0.25) is 19.9 Å². The molecule has 0 spiro atoms. The van der Waals surface area contributed by atoms with Gasteiger partial charge in [0.1, 0.15) is 0 Å². The molecule has 0 saturated heterocycles. The number of rotatable bonds is 3. The van der Waals surface area contributed by atoms with Gasteiger partial charge < -0.3 is 4.52 Å². The number of phosphoric ester groups is 1. The number of benzene rings is 1. The van der Waals surface area contributed by atoms with Crippen LogP contribution in [0.2, 0.25) is 0 Å². The average molecular weight is 237 g/mol. The van der Waals surface area contributed by atoms with Crippen LogP contribution >= 0.6 is 7.82 Å². The molecule has 0 bridgehead atoms. The predicted molar refractivity (Wildman–Crippen MR) is 45.7 cm³/mol. The molecular weight excluding hydrogens is 232 g/mol. The number of nitrogens with zero attached hydrogens (tertiary/aromatic N) is 1. The Morgan fingerprint density at radius 2 is 2.07 bits per heavy atom. The van der Waals surface area contributed by atoms with Gasteiger partial charge in [-0.25, -0.2) is 8.96 Å². The summed E-state index contributed by atoms with van der Waals surface area (Å²) in [7, 11) is -4.86. The first kappa shape index (κ1) is 11.6. The standard InChI is InChI=1S/C6H5FNO6P/c7-5-3-4(8(9)10)1-2-6(5)14-15(11,12)13/h1-3H,(H2,11,12,13). The van der Waals surface area contributed by atoms with Crippen LogP contribution in [0.4, 0.5) is 10.1 Å². The maximum absolute atomic E-state index is 13.0. The molecule has 0 fully saturated rings. The summed E-state index contributed by atoms with van der Waals surface area (Å²) < 4.78 is 27.2. The monoisotopic (exact) mass is 237 g/mol. The second-order valence-corrected chi connectivity index (χ2v) is 3.62. The van der Waals surface area contributed by atoms with E-state index in [1.807, 2.05) is 0 Å². The van der Waals surface area contributed by atoms with Gasteiger partial charge in [0.25, 0.3) is 5.69 Å². The summed E-state index contributed by atoms with van der Waals surface area (Å²) in [4.78, 5) is 26.1. The number of nitro groups is 1. The fourth-order valence-corrected chi connectivity index (χ4v) is 1.21. The number of phosphoric acid groups is 1. The first-order valence-corrected chi connectivity index (χ1v) is 5.02. The molecule has 15 heavy (non-hydrogen) atoms. The van der Waals surface area contributed by atoms with Gasteiger partial charge in [0.15, 0.2) is 11.6 Å². The van der Waals surface area contributed by atoms with Gasteiger partial charge in [0.05, 0.1) is 11.0 Å². The van der Waals surface area contributed by atoms with E-state index in [0.29, 0.717) is 6.07 Å². The first-order valence-electron chi connectivity index (χ1n) is 3.49. The second kappa shape index (κ2) is 3.93. The second-order valence-electron chi connectivity index (χ2n) is 2.45. The Hall–Kier alpha value is -1.50. The smallest absolute Gasteiger partial charge is 0.401 e. The Balaban J connectivity index is 3.04. The number of hydrogen-bond acceptors (Lipinski definition) is 4. The van der Waals surface area contributed by atoms with Crippen molar-refractivity contribution in [2.24, 2.45) is 0 Å². The van der Waals surface area contributed by atoms with E-state index in [1.165, 1.54) is 0 Å². The molecule has 0 atom stereocenters. The van der Waals surface area contributed by atoms with E-state index >= 15 is 0 Å². The lowest BCUT2D eigenvalue weighted by atomic mass is 10.3. The van der Waals surface area contributed by atoms with Crippen molar-refractivity contribution in [2.45, 2.75) is 0 Å². The van der Waals surface area contributed by atoms with Crippen molar-refractivity contribution in [2.75, 3.05) is 0 Å². The van der Waals surface area contributed by atoms with Crippen LogP contribution in [-0.2, 0) is 4.57 Å². The Labute approximate surface area is 82.5 Å². The summed E-state index contributed by atoms with van der Waals surface area (Å²) in [5.74, 6) is -1.96. The minimum Gasteiger partial charge on any atom is -0.401 e. The fraction of sp³-hybridized carbons (Fsp3) is 0. The van der Waals surface area contributed by atoms with E-state index in [9.17, 15) is 19.1 Å². The van der Waals surface area contributed by atoms with Crippen LogP contribution < -0.4 is 4.52 Å². The maximum atomic E-state index is 13.0. The molecular formula is C6H5FNO6P. The molecule has 0 aromatic heterocycles. The van der Waals surface area contributed by atoms with E-state index in [2.05, 4.69) is 4.52 Å². The summed E-state index contributed by atoms with van der Waals surface area (Å²) in [6.07, 6.45) is 0. The zero-order valence-corrected chi connectivity index (χ0v) is 7.93. The highest BCUT2D eigenvalue weighted by atomic mass is 31.2. The molecule has 0 unspecified atom stereocenters. The highest BCUT2D eigenvalue weighted by molar-refractivity contribution is 7.46. The minimum atomic E-state index is -4.86. The predicted octanol–water partition coefficient (Wildman–Crippen LogP) is 1.21. The molecule has 82 valence electrons. The zero-order chi connectivity index (χ0) is 11.6. The van der Waals surface area contributed by atoms with Gasteiger partial charge in [0.2, 0.25) is 0 Å². The molecule has 2 N–H and O–H groups in total. The van der Waals surface area contributed by atoms with Gasteiger partial charge in [-0.05, 0) is 6.07 Å². The number of hydrogen-bond donors (Lipinski definition) is 2. The van der Waals surface area contributed by atoms with Crippen LogP contribution in [0.25, 0.3) is 0 Å². The summed E-state index contributed by atoms with van der Waals surface area (Å²) >= 11 is 0. The fourth-order valence-electron chi connectivity index (χ4n) is 0.805. The molecule has 0 heterocycles. The Kier molecular flexibility index (Phi) is 3.04. The van der Waals surface area contributed by atoms with E-state index < -0.39 is 30.0 Å². The molecule has 1 rings (SSSR count). The van der Waals surface area contributed by atoms with E-state index in [4.69, 9.17) is 9.79 Å². The van der Waals surface area contributed by atoms with Crippen molar-refractivity contribution < 1.29 is 28.2 Å². The third-order valence-corrected chi connectivity index (χ3v) is 1.78. The summed E-state index contributed by atoms with van der Waals surface area (Å²) in [5.41, 5.74) is -0.537. The Morgan fingerprint density at radius 1 is 1.47 bits per heavy atom. The van der Waals surface area contributed by atoms with Crippen LogP contribution in [0.5, 0.6) is 5.75 Å². The van der Waals surface area contributed by atoms with Crippen molar-refractivity contribution in [3.05, 3.63) is 34.1 Å². The largest absolute Gasteiger partial charge is 0.524 e. The van der Waals surface area contributed by atoms with Crippen LogP contribution in [0.15, 0.2) is 18.2 Å². The van der Waals surface area contributed by atoms with E-state index in [0.717, 1.165) is 12.1 Å². The zero-order valence-electron chi connectivity index (χ0n) is 7.03. The van der Waals surface area contributed by atoms with Crippen LogP contribution in [0.1, 0.15) is 0 Å². The van der Waals surface area contributed by atoms with Crippen molar-refractivity contribution in [1.29, 1.82) is 0 Å². The van der Waals surface area contributed by atoms with Crippen LogP contribution in [-0.4, -0.2) is 14.7 Å². The SMILES string of the molecule is O=[N+]([O-])c1ccc(OP(=O)(O)O)c(F)c1. The topological polar surface area (TPSA) is 110 Å². The number of halogens is 1. The van der Waals surface area contributed by atoms with Gasteiger partial charge in [-0.15, -0.1) is 0 Å². The molecule has 0 radical (unpaired) electrons. The third kappa shape index (κ3) is 3.28. The molecule has 0 aliphatic heterocycles. The lowest BCUT2D eigenvalue weighted by Crippen LogP contribution is -1.95. The highest BCUT2D eigenvalue weighted by Crippen LogP contribution is 2.39. The van der Waals surface area contributed by atoms with Crippen LogP contribution in [0.3, 0.4) is 0 Å². The summed E-state index contributed by atoms with van der Waals surface area (Å²) in [6.45, 7) is 0. The van der Waals surface area contributed by atoms with Gasteiger partial charge in [0, 0.05) is 6.07 Å². The van der Waals surface area contributed by atoms with Crippen molar-refractivity contribution >= 4 is 13.5 Å². The van der Waals surface area contributed by atoms with Gasteiger partial charge in [-0.2, -0.15) is 0 Å².